The lowest BCUT2D eigenvalue weighted by molar-refractivity contribution is -0.385. The van der Waals surface area contributed by atoms with Crippen molar-refractivity contribution >= 4 is 39.0 Å². The third-order valence-corrected chi connectivity index (χ3v) is 4.83. The Balaban J connectivity index is 2.57. The molecule has 128 valence electrons. The van der Waals surface area contributed by atoms with Gasteiger partial charge in [-0.3, -0.25) is 10.1 Å². The molecule has 0 fully saturated rings. The molecule has 0 radical (unpaired) electrons. The molecule has 2 aromatic carbocycles. The van der Waals surface area contributed by atoms with Gasteiger partial charge in [-0.05, 0) is 43.2 Å². The Labute approximate surface area is 147 Å². The Morgan fingerprint density at radius 1 is 1.12 bits per heavy atom. The second-order valence-corrected chi connectivity index (χ2v) is 7.33. The van der Waals surface area contributed by atoms with Crippen LogP contribution in [0, 0.1) is 24.0 Å². The maximum absolute atomic E-state index is 12.4. The summed E-state index contributed by atoms with van der Waals surface area (Å²) in [6.45, 7) is 3.03. The molecule has 0 aromatic heterocycles. The number of hydrogen-bond acceptors (Lipinski definition) is 6. The van der Waals surface area contributed by atoms with Gasteiger partial charge in [-0.2, -0.15) is 8.42 Å². The van der Waals surface area contributed by atoms with E-state index in [1.807, 2.05) is 0 Å². The maximum Gasteiger partial charge on any atom is 0.339 e. The molecule has 0 bridgehead atoms. The average Bonchev–Trinajstić information content (AvgIpc) is 2.46. The minimum Gasteiger partial charge on any atom is -0.507 e. The highest BCUT2D eigenvalue weighted by Gasteiger charge is 2.27. The molecule has 0 saturated carbocycles. The number of nitro groups is 1. The number of aryl methyl sites for hydroxylation is 2. The number of rotatable bonds is 4. The Morgan fingerprint density at radius 3 is 2.17 bits per heavy atom. The van der Waals surface area contributed by atoms with Gasteiger partial charge in [0.05, 0.1) is 9.95 Å². The first-order valence-corrected chi connectivity index (χ1v) is 8.57. The second kappa shape index (κ2) is 6.46. The van der Waals surface area contributed by atoms with Gasteiger partial charge in [-0.1, -0.05) is 23.2 Å². The van der Waals surface area contributed by atoms with Crippen LogP contribution < -0.4 is 4.18 Å². The first kappa shape index (κ1) is 18.3. The summed E-state index contributed by atoms with van der Waals surface area (Å²) in [6.07, 6.45) is 0. The average molecular weight is 392 g/mol. The predicted molar refractivity (Wildman–Crippen MR) is 88.5 cm³/mol. The van der Waals surface area contributed by atoms with Crippen LogP contribution in [0.5, 0.6) is 11.5 Å². The maximum atomic E-state index is 12.4. The summed E-state index contributed by atoms with van der Waals surface area (Å²) < 4.78 is 29.7. The van der Waals surface area contributed by atoms with Gasteiger partial charge in [0.1, 0.15) is 10.6 Å². The number of benzene rings is 2. The molecule has 0 aliphatic heterocycles. The minimum atomic E-state index is -4.41. The van der Waals surface area contributed by atoms with Gasteiger partial charge < -0.3 is 9.29 Å². The van der Waals surface area contributed by atoms with Crippen LogP contribution in [0.15, 0.2) is 29.2 Å². The van der Waals surface area contributed by atoms with E-state index in [2.05, 4.69) is 0 Å². The summed E-state index contributed by atoms with van der Waals surface area (Å²) >= 11 is 11.5. The minimum absolute atomic E-state index is 0.0345. The molecule has 0 heterocycles. The molecular weight excluding hydrogens is 381 g/mol. The van der Waals surface area contributed by atoms with Crippen LogP contribution in [0.25, 0.3) is 0 Å². The van der Waals surface area contributed by atoms with Gasteiger partial charge in [-0.15, -0.1) is 0 Å². The van der Waals surface area contributed by atoms with E-state index in [0.717, 1.165) is 12.1 Å². The van der Waals surface area contributed by atoms with E-state index in [1.54, 1.807) is 0 Å². The summed E-state index contributed by atoms with van der Waals surface area (Å²) in [7, 11) is -4.41. The largest absolute Gasteiger partial charge is 0.507 e. The molecule has 24 heavy (non-hydrogen) atoms. The molecule has 0 atom stereocenters. The van der Waals surface area contributed by atoms with Crippen molar-refractivity contribution in [2.75, 3.05) is 0 Å². The fraction of sp³-hybridized carbons (Fsp3) is 0.143. The van der Waals surface area contributed by atoms with Gasteiger partial charge in [0.25, 0.3) is 0 Å². The topological polar surface area (TPSA) is 107 Å². The second-order valence-electron chi connectivity index (χ2n) is 4.94. The highest BCUT2D eigenvalue weighted by atomic mass is 35.5. The zero-order chi connectivity index (χ0) is 18.2. The molecule has 10 heteroatoms. The van der Waals surface area contributed by atoms with Crippen molar-refractivity contribution in [3.63, 3.8) is 0 Å². The number of aromatic hydroxyl groups is 1. The fourth-order valence-electron chi connectivity index (χ4n) is 1.98. The number of phenolic OH excluding ortho intramolecular Hbond substituents is 1. The molecule has 0 aliphatic carbocycles. The first-order chi connectivity index (χ1) is 11.0. The Kier molecular flexibility index (Phi) is 4.93. The van der Waals surface area contributed by atoms with E-state index in [4.69, 9.17) is 27.4 Å². The number of halogens is 2. The van der Waals surface area contributed by atoms with Gasteiger partial charge in [0.2, 0.25) is 5.75 Å². The summed E-state index contributed by atoms with van der Waals surface area (Å²) in [4.78, 5) is 9.96. The van der Waals surface area contributed by atoms with Crippen molar-refractivity contribution in [2.45, 2.75) is 18.7 Å². The summed E-state index contributed by atoms with van der Waals surface area (Å²) in [6, 6.07) is 4.44. The van der Waals surface area contributed by atoms with Crippen molar-refractivity contribution in [2.24, 2.45) is 0 Å². The van der Waals surface area contributed by atoms with Crippen LogP contribution in [-0.2, 0) is 10.1 Å². The van der Waals surface area contributed by atoms with E-state index in [9.17, 15) is 23.6 Å². The molecule has 0 aliphatic rings. The van der Waals surface area contributed by atoms with Crippen LogP contribution in [0.2, 0.25) is 10.0 Å². The highest BCUT2D eigenvalue weighted by Crippen LogP contribution is 2.39. The van der Waals surface area contributed by atoms with Crippen LogP contribution in [0.1, 0.15) is 11.1 Å². The SMILES string of the molecule is Cc1cc(S(=O)(=O)Oc2c(Cl)cc(Cl)cc2[N+](=O)[O-])cc(C)c1O. The van der Waals surface area contributed by atoms with Crippen LogP contribution in [-0.4, -0.2) is 18.4 Å². The number of nitrogens with zero attached hydrogens (tertiary/aromatic N) is 1. The van der Waals surface area contributed by atoms with Crippen LogP contribution in [0.3, 0.4) is 0 Å². The van der Waals surface area contributed by atoms with Crippen LogP contribution >= 0.6 is 23.2 Å². The van der Waals surface area contributed by atoms with Crippen molar-refractivity contribution in [1.29, 1.82) is 0 Å². The number of hydrogen-bond donors (Lipinski definition) is 1. The molecule has 1 N–H and O–H groups in total. The lowest BCUT2D eigenvalue weighted by Crippen LogP contribution is -2.12. The van der Waals surface area contributed by atoms with Gasteiger partial charge >= 0.3 is 15.8 Å². The standard InChI is InChI=1S/C14H11Cl2NO6S/c1-7-3-10(4-8(2)13(7)18)24(21,22)23-14-11(16)5-9(15)6-12(14)17(19)20/h3-6,18H,1-2H3. The molecule has 2 rings (SSSR count). The van der Waals surface area contributed by atoms with E-state index >= 15 is 0 Å². The lowest BCUT2D eigenvalue weighted by Gasteiger charge is -2.11. The normalized spacial score (nSPS) is 11.3. The molecule has 2 aromatic rings. The van der Waals surface area contributed by atoms with Gasteiger partial charge in [0, 0.05) is 11.1 Å². The zero-order valence-corrected chi connectivity index (χ0v) is 14.7. The Bertz CT molecular complexity index is 920. The van der Waals surface area contributed by atoms with Gasteiger partial charge in [0.15, 0.2) is 0 Å². The fourth-order valence-corrected chi connectivity index (χ4v) is 3.68. The third-order valence-electron chi connectivity index (χ3n) is 3.13. The first-order valence-electron chi connectivity index (χ1n) is 6.41. The van der Waals surface area contributed by atoms with Gasteiger partial charge in [-0.25, -0.2) is 0 Å². The molecular formula is C14H11Cl2NO6S. The Hall–Kier alpha value is -2.03. The number of phenols is 1. The molecule has 7 nitrogen and oxygen atoms in total. The van der Waals surface area contributed by atoms with Crippen molar-refractivity contribution < 1.29 is 22.6 Å². The molecule has 0 spiro atoms. The molecule has 0 amide bonds. The van der Waals surface area contributed by atoms with Crippen LogP contribution in [0.4, 0.5) is 5.69 Å². The van der Waals surface area contributed by atoms with E-state index in [-0.39, 0.29) is 20.7 Å². The van der Waals surface area contributed by atoms with Crippen molar-refractivity contribution in [3.05, 3.63) is 55.6 Å². The molecule has 0 saturated heterocycles. The van der Waals surface area contributed by atoms with Crippen molar-refractivity contribution in [1.82, 2.24) is 0 Å². The predicted octanol–water partition coefficient (Wildman–Crippen LogP) is 3.99. The third kappa shape index (κ3) is 3.55. The van der Waals surface area contributed by atoms with E-state index < -0.39 is 26.5 Å². The lowest BCUT2D eigenvalue weighted by atomic mass is 10.1. The smallest absolute Gasteiger partial charge is 0.339 e. The molecule has 0 unspecified atom stereocenters. The highest BCUT2D eigenvalue weighted by molar-refractivity contribution is 7.87. The summed E-state index contributed by atoms with van der Waals surface area (Å²) in [5.41, 5.74) is -0.0500. The van der Waals surface area contributed by atoms with E-state index in [1.165, 1.54) is 26.0 Å². The van der Waals surface area contributed by atoms with E-state index in [0.29, 0.717) is 11.1 Å². The Morgan fingerprint density at radius 2 is 1.67 bits per heavy atom. The summed E-state index contributed by atoms with van der Waals surface area (Å²) in [5, 5.41) is 20.4. The van der Waals surface area contributed by atoms with Crippen molar-refractivity contribution in [3.8, 4) is 11.5 Å². The monoisotopic (exact) mass is 391 g/mol. The quantitative estimate of drug-likeness (QED) is 0.479. The zero-order valence-electron chi connectivity index (χ0n) is 12.4. The summed E-state index contributed by atoms with van der Waals surface area (Å²) in [5.74, 6) is -0.682. The number of nitro benzene ring substituents is 1.